The van der Waals surface area contributed by atoms with Crippen LogP contribution in [0.2, 0.25) is 0 Å². The van der Waals surface area contributed by atoms with Gasteiger partial charge in [0.15, 0.2) is 23.1 Å². The second-order valence-corrected chi connectivity index (χ2v) is 8.98. The average Bonchev–Trinajstić information content (AvgIpc) is 3.71. The van der Waals surface area contributed by atoms with Gasteiger partial charge in [-0.15, -0.1) is 0 Å². The van der Waals surface area contributed by atoms with Crippen LogP contribution in [0, 0.1) is 0 Å². The average molecular weight is 542 g/mol. The molecule has 5 rings (SSSR count). The number of anilines is 1. The van der Waals surface area contributed by atoms with Gasteiger partial charge in [0.25, 0.3) is 0 Å². The molecule has 0 unspecified atom stereocenters. The summed E-state index contributed by atoms with van der Waals surface area (Å²) >= 11 is 0. The molecule has 0 saturated heterocycles. The molecule has 3 heterocycles. The number of aryl methyl sites for hydroxylation is 1. The highest BCUT2D eigenvalue weighted by atomic mass is 19.4. The first-order chi connectivity index (χ1) is 18.7. The number of hydrogen-bond donors (Lipinski definition) is 0. The van der Waals surface area contributed by atoms with Gasteiger partial charge in [-0.1, -0.05) is 24.3 Å². The van der Waals surface area contributed by atoms with Crippen molar-refractivity contribution in [1.82, 2.24) is 29.5 Å². The summed E-state index contributed by atoms with van der Waals surface area (Å²) in [6.45, 7) is 0.260. The Morgan fingerprint density at radius 2 is 1.74 bits per heavy atom. The predicted octanol–water partition coefficient (Wildman–Crippen LogP) is 4.82. The highest BCUT2D eigenvalue weighted by molar-refractivity contribution is 5.68. The Morgan fingerprint density at radius 1 is 1.00 bits per heavy atom. The summed E-state index contributed by atoms with van der Waals surface area (Å²) in [4.78, 5) is 27.4. The van der Waals surface area contributed by atoms with E-state index in [1.807, 2.05) is 0 Å². The summed E-state index contributed by atoms with van der Waals surface area (Å²) in [5.74, 6) is 2.02. The molecule has 1 aliphatic carbocycles. The first-order valence-corrected chi connectivity index (χ1v) is 12.0. The Labute approximate surface area is 222 Å². The zero-order valence-electron chi connectivity index (χ0n) is 21.7. The van der Waals surface area contributed by atoms with E-state index in [4.69, 9.17) is 19.3 Å². The van der Waals surface area contributed by atoms with E-state index in [9.17, 15) is 13.2 Å². The van der Waals surface area contributed by atoms with Gasteiger partial charge in [-0.25, -0.2) is 30.0 Å². The van der Waals surface area contributed by atoms with Crippen molar-refractivity contribution < 1.29 is 27.5 Å². The Balaban J connectivity index is 1.45. The van der Waals surface area contributed by atoms with Crippen LogP contribution < -0.4 is 14.5 Å². The van der Waals surface area contributed by atoms with Gasteiger partial charge < -0.3 is 14.0 Å². The van der Waals surface area contributed by atoms with E-state index in [-0.39, 0.29) is 12.4 Å². The van der Waals surface area contributed by atoms with Gasteiger partial charge in [-0.05, 0) is 18.4 Å². The van der Waals surface area contributed by atoms with Crippen LogP contribution in [0.25, 0.3) is 22.8 Å². The topological polar surface area (TPSA) is 100 Å². The first-order valence-electron chi connectivity index (χ1n) is 12.0. The lowest BCUT2D eigenvalue weighted by atomic mass is 10.1. The fourth-order valence-corrected chi connectivity index (χ4v) is 4.24. The molecule has 39 heavy (non-hydrogen) atoms. The third kappa shape index (κ3) is 5.35. The van der Waals surface area contributed by atoms with Crippen molar-refractivity contribution in [3.63, 3.8) is 0 Å². The minimum absolute atomic E-state index is 0.213. The number of hydroxylamine groups is 1. The molecular formula is C26H26F3N7O3. The molecule has 0 radical (unpaired) electrons. The van der Waals surface area contributed by atoms with Crippen LogP contribution in [0.3, 0.4) is 0 Å². The van der Waals surface area contributed by atoms with Gasteiger partial charge in [0.2, 0.25) is 5.88 Å². The minimum Gasteiger partial charge on any atom is -0.491 e. The third-order valence-corrected chi connectivity index (χ3v) is 6.34. The highest BCUT2D eigenvalue weighted by Crippen LogP contribution is 2.45. The lowest BCUT2D eigenvalue weighted by Gasteiger charge is -2.23. The van der Waals surface area contributed by atoms with Crippen LogP contribution in [0.5, 0.6) is 11.6 Å². The maximum absolute atomic E-state index is 13.1. The minimum atomic E-state index is -4.51. The number of aromatic nitrogens is 6. The smallest absolute Gasteiger partial charge is 0.434 e. The fourth-order valence-electron chi connectivity index (χ4n) is 4.24. The van der Waals surface area contributed by atoms with Gasteiger partial charge in [-0.3, -0.25) is 4.84 Å². The second-order valence-electron chi connectivity index (χ2n) is 8.98. The molecule has 10 nitrogen and oxygen atoms in total. The van der Waals surface area contributed by atoms with Crippen molar-refractivity contribution in [3.05, 3.63) is 59.9 Å². The number of rotatable bonds is 9. The normalized spacial score (nSPS) is 13.4. The number of methoxy groups -OCH3 is 2. The summed E-state index contributed by atoms with van der Waals surface area (Å²) in [6.07, 6.45) is 1.52. The number of halogens is 3. The molecule has 0 aliphatic heterocycles. The Hall–Kier alpha value is -4.26. The van der Waals surface area contributed by atoms with E-state index >= 15 is 0 Å². The molecule has 0 bridgehead atoms. The molecule has 204 valence electrons. The van der Waals surface area contributed by atoms with Gasteiger partial charge in [0, 0.05) is 24.7 Å². The third-order valence-electron chi connectivity index (χ3n) is 6.34. The molecule has 1 saturated carbocycles. The molecular weight excluding hydrogens is 515 g/mol. The van der Waals surface area contributed by atoms with Crippen molar-refractivity contribution in [2.45, 2.75) is 31.5 Å². The van der Waals surface area contributed by atoms with Crippen LogP contribution in [0.1, 0.15) is 35.7 Å². The lowest BCUT2D eigenvalue weighted by Crippen LogP contribution is -2.23. The lowest BCUT2D eigenvalue weighted by molar-refractivity contribution is -0.140. The number of imidazole rings is 1. The van der Waals surface area contributed by atoms with E-state index in [0.717, 1.165) is 30.3 Å². The molecule has 1 aromatic carbocycles. The number of ether oxygens (including phenoxy) is 2. The second kappa shape index (κ2) is 10.5. The van der Waals surface area contributed by atoms with Gasteiger partial charge in [0.1, 0.15) is 17.7 Å². The van der Waals surface area contributed by atoms with E-state index in [0.29, 0.717) is 40.3 Å². The number of hydrogen-bond acceptors (Lipinski definition) is 9. The highest BCUT2D eigenvalue weighted by Gasteiger charge is 2.35. The molecule has 0 amide bonds. The summed E-state index contributed by atoms with van der Waals surface area (Å²) in [5, 5.41) is 1.54. The largest absolute Gasteiger partial charge is 0.491 e. The maximum Gasteiger partial charge on any atom is 0.434 e. The number of alkyl halides is 3. The van der Waals surface area contributed by atoms with Crippen LogP contribution in [-0.2, 0) is 24.6 Å². The van der Waals surface area contributed by atoms with E-state index in [2.05, 4.69) is 19.9 Å². The number of nitrogens with zero attached hydrogens (tertiary/aromatic N) is 7. The summed E-state index contributed by atoms with van der Waals surface area (Å²) in [7, 11) is 6.07. The first kappa shape index (κ1) is 26.4. The molecule has 1 aliphatic rings. The quantitative estimate of drug-likeness (QED) is 0.276. The molecule has 0 atom stereocenters. The maximum atomic E-state index is 13.1. The van der Waals surface area contributed by atoms with Gasteiger partial charge in [-0.2, -0.15) is 13.2 Å². The Bertz CT molecular complexity index is 1470. The Kier molecular flexibility index (Phi) is 7.08. The number of benzene rings is 1. The monoisotopic (exact) mass is 541 g/mol. The zero-order valence-corrected chi connectivity index (χ0v) is 21.7. The van der Waals surface area contributed by atoms with Crippen molar-refractivity contribution in [3.8, 4) is 34.4 Å². The SMILES string of the molecule is COc1cnc(-c2c(OC)ncnc2C2CC2)nc1N(Cc1ccc(-c2nc(C(F)(F)F)cn2C)cc1)OC. The summed E-state index contributed by atoms with van der Waals surface area (Å²) in [5.41, 5.74) is 1.88. The van der Waals surface area contributed by atoms with Crippen LogP contribution in [-0.4, -0.2) is 50.8 Å². The van der Waals surface area contributed by atoms with E-state index < -0.39 is 11.9 Å². The van der Waals surface area contributed by atoms with Crippen molar-refractivity contribution in [1.29, 1.82) is 0 Å². The zero-order chi connectivity index (χ0) is 27.7. The molecule has 13 heteroatoms. The van der Waals surface area contributed by atoms with Crippen molar-refractivity contribution in [2.24, 2.45) is 7.05 Å². The summed E-state index contributed by atoms with van der Waals surface area (Å²) < 4.78 is 51.6. The standard InChI is InChI=1S/C26H26F3N7O3/c1-35-13-19(26(27,28)29)33-23(35)17-7-5-15(6-8-17)12-36(39-4)24-18(37-2)11-30-22(34-24)20-21(16-9-10-16)31-14-32-25(20)38-3/h5-8,11,13-14,16H,9-10,12H2,1-4H3. The van der Waals surface area contributed by atoms with Crippen molar-refractivity contribution in [2.75, 3.05) is 26.4 Å². The molecule has 0 spiro atoms. The summed E-state index contributed by atoms with van der Waals surface area (Å²) in [6, 6.07) is 7.00. The Morgan fingerprint density at radius 3 is 2.33 bits per heavy atom. The molecule has 3 aromatic heterocycles. The van der Waals surface area contributed by atoms with Crippen LogP contribution in [0.15, 0.2) is 43.0 Å². The predicted molar refractivity (Wildman–Crippen MR) is 135 cm³/mol. The fraction of sp³-hybridized carbons (Fsp3) is 0.346. The van der Waals surface area contributed by atoms with Crippen molar-refractivity contribution >= 4 is 5.82 Å². The molecule has 4 aromatic rings. The van der Waals surface area contributed by atoms with Gasteiger partial charge in [0.05, 0.1) is 39.8 Å². The van der Waals surface area contributed by atoms with Crippen LogP contribution in [0.4, 0.5) is 19.0 Å². The molecule has 1 fully saturated rings. The van der Waals surface area contributed by atoms with Crippen LogP contribution >= 0.6 is 0 Å². The van der Waals surface area contributed by atoms with E-state index in [1.54, 1.807) is 30.5 Å². The molecule has 0 N–H and O–H groups in total. The van der Waals surface area contributed by atoms with Gasteiger partial charge >= 0.3 is 6.18 Å². The van der Waals surface area contributed by atoms with E-state index in [1.165, 1.54) is 44.3 Å².